The normalized spacial score (nSPS) is 19.7. The summed E-state index contributed by atoms with van der Waals surface area (Å²) in [5.41, 5.74) is 3.27. The zero-order valence-corrected chi connectivity index (χ0v) is 18.8. The minimum absolute atomic E-state index is 0.0578. The van der Waals surface area contributed by atoms with Crippen LogP contribution in [0.5, 0.6) is 5.88 Å². The van der Waals surface area contributed by atoms with Gasteiger partial charge in [0, 0.05) is 38.2 Å². The van der Waals surface area contributed by atoms with Crippen molar-refractivity contribution in [2.75, 3.05) is 26.7 Å². The van der Waals surface area contributed by atoms with E-state index in [0.29, 0.717) is 18.7 Å². The zero-order valence-electron chi connectivity index (χ0n) is 18.8. The molecule has 166 valence electrons. The van der Waals surface area contributed by atoms with Gasteiger partial charge in [-0.2, -0.15) is 0 Å². The molecule has 0 fully saturated rings. The van der Waals surface area contributed by atoms with Gasteiger partial charge < -0.3 is 19.6 Å². The number of pyridine rings is 1. The lowest BCUT2D eigenvalue weighted by Gasteiger charge is -2.37. The monoisotopic (exact) mass is 425 g/mol. The maximum atomic E-state index is 13.5. The number of aromatic nitrogens is 1. The Kier molecular flexibility index (Phi) is 6.95. The van der Waals surface area contributed by atoms with E-state index in [0.717, 1.165) is 16.7 Å². The van der Waals surface area contributed by atoms with Gasteiger partial charge in [-0.1, -0.05) is 31.2 Å². The van der Waals surface area contributed by atoms with Gasteiger partial charge in [-0.15, -0.1) is 0 Å². The summed E-state index contributed by atoms with van der Waals surface area (Å²) >= 11 is 0. The second-order valence-electron chi connectivity index (χ2n) is 8.41. The topological polar surface area (TPSA) is 83.0 Å². The molecule has 0 radical (unpaired) electrons. The third kappa shape index (κ3) is 4.88. The molecule has 2 aromatic rings. The molecule has 0 spiro atoms. The maximum Gasteiger partial charge on any atom is 0.259 e. The van der Waals surface area contributed by atoms with E-state index in [-0.39, 0.29) is 42.4 Å². The molecule has 1 aromatic heterocycles. The van der Waals surface area contributed by atoms with Gasteiger partial charge in [-0.05, 0) is 31.0 Å². The Morgan fingerprint density at radius 3 is 2.71 bits per heavy atom. The van der Waals surface area contributed by atoms with Crippen LogP contribution in [0, 0.1) is 12.8 Å². The highest BCUT2D eigenvalue weighted by molar-refractivity contribution is 5.98. The van der Waals surface area contributed by atoms with E-state index >= 15 is 0 Å². The Morgan fingerprint density at radius 2 is 2.06 bits per heavy atom. The average Bonchev–Trinajstić information content (AvgIpc) is 2.75. The summed E-state index contributed by atoms with van der Waals surface area (Å²) in [5.74, 6) is -0.0842. The molecular formula is C24H31N3O4. The Hall–Kier alpha value is -2.93. The molecule has 2 amide bonds. The number of hydrogen-bond donors (Lipinski definition) is 1. The summed E-state index contributed by atoms with van der Waals surface area (Å²) < 4.78 is 6.21. The number of carbonyl (C=O) groups excluding carboxylic acids is 2. The first-order valence-corrected chi connectivity index (χ1v) is 10.6. The molecule has 1 aliphatic rings. The van der Waals surface area contributed by atoms with Gasteiger partial charge in [0.05, 0.1) is 19.2 Å². The van der Waals surface area contributed by atoms with E-state index in [1.807, 2.05) is 51.1 Å². The summed E-state index contributed by atoms with van der Waals surface area (Å²) in [6.45, 7) is 7.98. The van der Waals surface area contributed by atoms with Gasteiger partial charge in [-0.25, -0.2) is 4.98 Å². The lowest BCUT2D eigenvalue weighted by molar-refractivity contribution is -0.129. The number of benzene rings is 1. The molecule has 0 saturated heterocycles. The smallest absolute Gasteiger partial charge is 0.259 e. The molecule has 7 heteroatoms. The number of ether oxygens (including phenoxy) is 1. The predicted octanol–water partition coefficient (Wildman–Crippen LogP) is 2.76. The van der Waals surface area contributed by atoms with Crippen LogP contribution >= 0.6 is 0 Å². The molecular weight excluding hydrogens is 394 g/mol. The zero-order chi connectivity index (χ0) is 22.7. The third-order valence-corrected chi connectivity index (χ3v) is 5.97. The first-order valence-electron chi connectivity index (χ1n) is 10.6. The van der Waals surface area contributed by atoms with E-state index in [4.69, 9.17) is 4.74 Å². The molecule has 0 bridgehead atoms. The average molecular weight is 426 g/mol. The number of aliphatic hydroxyl groups excluding tert-OH is 1. The number of aliphatic hydroxyl groups is 1. The molecule has 3 atom stereocenters. The first-order chi connectivity index (χ1) is 14.7. The molecule has 2 heterocycles. The maximum absolute atomic E-state index is 13.5. The van der Waals surface area contributed by atoms with Crippen LogP contribution in [-0.2, 0) is 4.79 Å². The van der Waals surface area contributed by atoms with Crippen LogP contribution in [0.25, 0.3) is 11.1 Å². The number of amides is 2. The van der Waals surface area contributed by atoms with Crippen LogP contribution in [0.1, 0.15) is 36.7 Å². The van der Waals surface area contributed by atoms with Crippen molar-refractivity contribution >= 4 is 11.8 Å². The SMILES string of the molecule is CC(=O)N(C)C[C@@H]1Oc2ncc(-c3ccccc3C)cc2C(=O)N([C@@H](C)CO)C[C@@H]1C. The van der Waals surface area contributed by atoms with Crippen molar-refractivity contribution in [3.63, 3.8) is 0 Å². The summed E-state index contributed by atoms with van der Waals surface area (Å²) in [6.07, 6.45) is 1.37. The quantitative estimate of drug-likeness (QED) is 0.797. The largest absolute Gasteiger partial charge is 0.472 e. The molecule has 31 heavy (non-hydrogen) atoms. The van der Waals surface area contributed by atoms with Crippen LogP contribution < -0.4 is 4.74 Å². The number of nitrogens with zero attached hydrogens (tertiary/aromatic N) is 3. The Bertz CT molecular complexity index is 962. The number of aryl methyl sites for hydroxylation is 1. The molecule has 1 aromatic carbocycles. The molecule has 3 rings (SSSR count). The van der Waals surface area contributed by atoms with E-state index in [9.17, 15) is 14.7 Å². The van der Waals surface area contributed by atoms with Gasteiger partial charge in [0.1, 0.15) is 11.7 Å². The molecule has 7 nitrogen and oxygen atoms in total. The van der Waals surface area contributed by atoms with Crippen LogP contribution in [-0.4, -0.2) is 70.6 Å². The Balaban J connectivity index is 2.07. The van der Waals surface area contributed by atoms with Gasteiger partial charge in [0.2, 0.25) is 11.8 Å². The second-order valence-corrected chi connectivity index (χ2v) is 8.41. The van der Waals surface area contributed by atoms with Crippen LogP contribution in [0.2, 0.25) is 0 Å². The number of rotatable bonds is 5. The Labute approximate surface area is 183 Å². The standard InChI is InChI=1S/C24H31N3O4/c1-15-8-6-7-9-20(15)19-10-21-23(25-11-19)31-22(13-26(5)18(4)29)16(2)12-27(24(21)30)17(3)14-28/h6-11,16-17,22,28H,12-14H2,1-5H3/t16-,17-,22-/m0/s1. The van der Waals surface area contributed by atoms with Crippen molar-refractivity contribution in [2.45, 2.75) is 39.8 Å². The second kappa shape index (κ2) is 9.47. The summed E-state index contributed by atoms with van der Waals surface area (Å²) in [6, 6.07) is 9.39. The van der Waals surface area contributed by atoms with Crippen molar-refractivity contribution in [1.82, 2.24) is 14.8 Å². The van der Waals surface area contributed by atoms with Crippen molar-refractivity contribution < 1.29 is 19.4 Å². The molecule has 0 saturated carbocycles. The fourth-order valence-electron chi connectivity index (χ4n) is 3.76. The van der Waals surface area contributed by atoms with Crippen molar-refractivity contribution in [3.05, 3.63) is 47.7 Å². The summed E-state index contributed by atoms with van der Waals surface area (Å²) in [7, 11) is 1.73. The number of likely N-dealkylation sites (N-methyl/N-ethyl adjacent to an activating group) is 1. The van der Waals surface area contributed by atoms with Gasteiger partial charge in [0.25, 0.3) is 5.91 Å². The van der Waals surface area contributed by atoms with Crippen LogP contribution in [0.3, 0.4) is 0 Å². The highest BCUT2D eigenvalue weighted by atomic mass is 16.5. The van der Waals surface area contributed by atoms with Gasteiger partial charge >= 0.3 is 0 Å². The lowest BCUT2D eigenvalue weighted by atomic mass is 9.98. The van der Waals surface area contributed by atoms with E-state index in [1.54, 1.807) is 23.0 Å². The fraction of sp³-hybridized carbons (Fsp3) is 0.458. The summed E-state index contributed by atoms with van der Waals surface area (Å²) in [5, 5.41) is 9.76. The van der Waals surface area contributed by atoms with E-state index in [2.05, 4.69) is 4.98 Å². The number of carbonyl (C=O) groups is 2. The van der Waals surface area contributed by atoms with Gasteiger partial charge in [-0.3, -0.25) is 9.59 Å². The number of fused-ring (bicyclic) bond motifs is 1. The van der Waals surface area contributed by atoms with Crippen molar-refractivity contribution in [3.8, 4) is 17.0 Å². The van der Waals surface area contributed by atoms with E-state index in [1.165, 1.54) is 6.92 Å². The van der Waals surface area contributed by atoms with Gasteiger partial charge in [0.15, 0.2) is 0 Å². The minimum Gasteiger partial charge on any atom is -0.472 e. The molecule has 1 N–H and O–H groups in total. The van der Waals surface area contributed by atoms with E-state index < -0.39 is 0 Å². The van der Waals surface area contributed by atoms with Crippen molar-refractivity contribution in [2.24, 2.45) is 5.92 Å². The summed E-state index contributed by atoms with van der Waals surface area (Å²) in [4.78, 5) is 33.0. The van der Waals surface area contributed by atoms with Crippen LogP contribution in [0.15, 0.2) is 36.5 Å². The molecule has 0 aliphatic carbocycles. The Morgan fingerprint density at radius 1 is 1.35 bits per heavy atom. The number of hydrogen-bond acceptors (Lipinski definition) is 5. The van der Waals surface area contributed by atoms with Crippen LogP contribution in [0.4, 0.5) is 0 Å². The minimum atomic E-state index is -0.353. The lowest BCUT2D eigenvalue weighted by Crippen LogP contribution is -2.50. The molecule has 1 aliphatic heterocycles. The highest BCUT2D eigenvalue weighted by Gasteiger charge is 2.34. The first kappa shape index (κ1) is 22.7. The third-order valence-electron chi connectivity index (χ3n) is 5.97. The fourth-order valence-corrected chi connectivity index (χ4v) is 3.76. The van der Waals surface area contributed by atoms with Crippen molar-refractivity contribution in [1.29, 1.82) is 0 Å². The predicted molar refractivity (Wildman–Crippen MR) is 119 cm³/mol. The highest BCUT2D eigenvalue weighted by Crippen LogP contribution is 2.31. The molecule has 0 unspecified atom stereocenters.